The van der Waals surface area contributed by atoms with Crippen molar-refractivity contribution in [2.45, 2.75) is 43.5 Å². The van der Waals surface area contributed by atoms with Crippen molar-refractivity contribution in [3.05, 3.63) is 47.5 Å². The van der Waals surface area contributed by atoms with Crippen LogP contribution in [0.25, 0.3) is 0 Å². The number of rotatable bonds is 3. The third-order valence-electron chi connectivity index (χ3n) is 4.58. The number of aromatic nitrogens is 3. The summed E-state index contributed by atoms with van der Waals surface area (Å²) in [6.07, 6.45) is 4.36. The number of sulfonamides is 1. The van der Waals surface area contributed by atoms with Crippen LogP contribution in [0.1, 0.15) is 35.8 Å². The highest BCUT2D eigenvalue weighted by molar-refractivity contribution is 7.90. The van der Waals surface area contributed by atoms with Gasteiger partial charge < -0.3 is 0 Å². The van der Waals surface area contributed by atoms with Crippen LogP contribution in [0.2, 0.25) is 0 Å². The number of benzene rings is 1. The van der Waals surface area contributed by atoms with Gasteiger partial charge in [0.15, 0.2) is 0 Å². The van der Waals surface area contributed by atoms with Crippen LogP contribution in [-0.4, -0.2) is 28.4 Å². The smallest absolute Gasteiger partial charge is 0.215 e. The average Bonchev–Trinajstić information content (AvgIpc) is 3.14. The molecule has 1 atom stereocenters. The molecule has 0 unspecified atom stereocenters. The average molecular weight is 318 g/mol. The molecule has 2 aliphatic rings. The molecule has 1 N–H and O–H groups in total. The van der Waals surface area contributed by atoms with Gasteiger partial charge in [0.05, 0.1) is 11.3 Å². The van der Waals surface area contributed by atoms with Gasteiger partial charge in [0.2, 0.25) is 10.0 Å². The minimum absolute atomic E-state index is 0.259. The van der Waals surface area contributed by atoms with Crippen LogP contribution >= 0.6 is 0 Å². The minimum Gasteiger partial charge on any atom is -0.248 e. The lowest BCUT2D eigenvalue weighted by atomic mass is 10.1. The van der Waals surface area contributed by atoms with Gasteiger partial charge in [-0.2, -0.15) is 5.10 Å². The maximum atomic E-state index is 12.7. The number of hydrogen-bond acceptors (Lipinski definition) is 4. The minimum atomic E-state index is -3.38. The number of nitrogens with zero attached hydrogens (tertiary/aromatic N) is 3. The summed E-state index contributed by atoms with van der Waals surface area (Å²) in [6, 6.07) is 7.70. The summed E-state index contributed by atoms with van der Waals surface area (Å²) < 4.78 is 30.1. The number of aryl methyl sites for hydroxylation is 1. The summed E-state index contributed by atoms with van der Waals surface area (Å²) in [5.74, 6) is 0.727. The molecule has 1 aromatic carbocycles. The van der Waals surface area contributed by atoms with Crippen molar-refractivity contribution < 1.29 is 8.42 Å². The van der Waals surface area contributed by atoms with Crippen LogP contribution in [0.3, 0.4) is 0 Å². The molecule has 7 heteroatoms. The van der Waals surface area contributed by atoms with E-state index in [1.807, 2.05) is 24.3 Å². The lowest BCUT2D eigenvalue weighted by Crippen LogP contribution is -2.39. The molecule has 2 aromatic rings. The molecule has 0 saturated carbocycles. The van der Waals surface area contributed by atoms with Gasteiger partial charge in [-0.05, 0) is 36.8 Å². The summed E-state index contributed by atoms with van der Waals surface area (Å²) in [6.45, 7) is 0.808. The van der Waals surface area contributed by atoms with Crippen molar-refractivity contribution >= 4 is 10.0 Å². The molecule has 1 aliphatic heterocycles. The fourth-order valence-corrected chi connectivity index (χ4v) is 5.04. The lowest BCUT2D eigenvalue weighted by Gasteiger charge is -2.24. The van der Waals surface area contributed by atoms with E-state index in [9.17, 15) is 8.42 Å². The maximum Gasteiger partial charge on any atom is 0.215 e. The quantitative estimate of drug-likeness (QED) is 0.922. The van der Waals surface area contributed by atoms with Gasteiger partial charge >= 0.3 is 0 Å². The van der Waals surface area contributed by atoms with E-state index in [1.165, 1.54) is 6.33 Å². The first-order valence-corrected chi connectivity index (χ1v) is 9.14. The first kappa shape index (κ1) is 13.9. The van der Waals surface area contributed by atoms with Gasteiger partial charge in [0, 0.05) is 6.54 Å². The van der Waals surface area contributed by atoms with Crippen molar-refractivity contribution in [3.8, 4) is 0 Å². The molecule has 0 fully saturated rings. The molecular weight excluding hydrogens is 300 g/mol. The second-order valence-electron chi connectivity index (χ2n) is 6.00. The summed E-state index contributed by atoms with van der Waals surface area (Å²) in [7, 11) is -3.38. The summed E-state index contributed by atoms with van der Waals surface area (Å²) in [5.41, 5.74) is 2.29. The predicted octanol–water partition coefficient (Wildman–Crippen LogP) is 1.20. The van der Waals surface area contributed by atoms with Gasteiger partial charge in [-0.1, -0.05) is 24.3 Å². The zero-order valence-corrected chi connectivity index (χ0v) is 13.0. The van der Waals surface area contributed by atoms with Crippen molar-refractivity contribution in [2.75, 3.05) is 0 Å². The third-order valence-corrected chi connectivity index (χ3v) is 6.40. The van der Waals surface area contributed by atoms with Gasteiger partial charge in [0.25, 0.3) is 0 Å². The second-order valence-corrected chi connectivity index (χ2v) is 7.99. The topological polar surface area (TPSA) is 76.9 Å². The Balaban J connectivity index is 1.55. The third kappa shape index (κ3) is 2.34. The van der Waals surface area contributed by atoms with Crippen LogP contribution < -0.4 is 4.72 Å². The highest BCUT2D eigenvalue weighted by atomic mass is 32.2. The van der Waals surface area contributed by atoms with Crippen molar-refractivity contribution in [3.63, 3.8) is 0 Å². The standard InChI is InChI=1S/C15H18N4O2S/c20-22(21,13-8-11-4-1-2-5-12(11)9-13)18-14-6-3-7-19-15(14)16-10-17-19/h1-2,4-5,10,13-14,18H,3,6-9H2/t14-/m0/s1. The van der Waals surface area contributed by atoms with Crippen LogP contribution in [0.4, 0.5) is 0 Å². The molecule has 22 heavy (non-hydrogen) atoms. The second kappa shape index (κ2) is 5.17. The molecule has 0 saturated heterocycles. The molecule has 0 spiro atoms. The molecule has 116 valence electrons. The summed E-state index contributed by atoms with van der Waals surface area (Å²) in [4.78, 5) is 4.21. The SMILES string of the molecule is O=S(=O)(N[C@H]1CCCn2ncnc21)C1Cc2ccccc2C1. The fourth-order valence-electron chi connectivity index (χ4n) is 3.43. The van der Waals surface area contributed by atoms with E-state index in [2.05, 4.69) is 14.8 Å². The van der Waals surface area contributed by atoms with E-state index in [1.54, 1.807) is 4.68 Å². The molecular formula is C15H18N4O2S. The molecule has 0 bridgehead atoms. The zero-order valence-electron chi connectivity index (χ0n) is 12.1. The Morgan fingerprint density at radius 1 is 1.18 bits per heavy atom. The Labute approximate surface area is 129 Å². The van der Waals surface area contributed by atoms with Crippen molar-refractivity contribution in [1.82, 2.24) is 19.5 Å². The summed E-state index contributed by atoms with van der Waals surface area (Å²) >= 11 is 0. The Bertz CT molecular complexity index is 774. The van der Waals surface area contributed by atoms with Crippen molar-refractivity contribution in [1.29, 1.82) is 0 Å². The van der Waals surface area contributed by atoms with E-state index in [4.69, 9.17) is 0 Å². The first-order valence-electron chi connectivity index (χ1n) is 7.59. The first-order chi connectivity index (χ1) is 10.6. The molecule has 0 radical (unpaired) electrons. The van der Waals surface area contributed by atoms with Crippen LogP contribution in [0.5, 0.6) is 0 Å². The van der Waals surface area contributed by atoms with E-state index < -0.39 is 10.0 Å². The molecule has 1 aromatic heterocycles. The largest absolute Gasteiger partial charge is 0.248 e. The highest BCUT2D eigenvalue weighted by Gasteiger charge is 2.35. The predicted molar refractivity (Wildman–Crippen MR) is 81.7 cm³/mol. The molecule has 1 aliphatic carbocycles. The Morgan fingerprint density at radius 2 is 1.91 bits per heavy atom. The molecule has 4 rings (SSSR count). The fraction of sp³-hybridized carbons (Fsp3) is 0.467. The van der Waals surface area contributed by atoms with Gasteiger partial charge in [-0.15, -0.1) is 0 Å². The maximum absolute atomic E-state index is 12.7. The highest BCUT2D eigenvalue weighted by Crippen LogP contribution is 2.29. The molecule has 2 heterocycles. The number of nitrogens with one attached hydrogen (secondary N) is 1. The van der Waals surface area contributed by atoms with Gasteiger partial charge in [-0.3, -0.25) is 0 Å². The van der Waals surface area contributed by atoms with E-state index >= 15 is 0 Å². The van der Waals surface area contributed by atoms with Crippen LogP contribution in [0, 0.1) is 0 Å². The zero-order chi connectivity index (χ0) is 15.2. The van der Waals surface area contributed by atoms with Crippen LogP contribution in [-0.2, 0) is 29.4 Å². The van der Waals surface area contributed by atoms with Crippen LogP contribution in [0.15, 0.2) is 30.6 Å². The summed E-state index contributed by atoms with van der Waals surface area (Å²) in [5, 5.41) is 3.75. The Hall–Kier alpha value is -1.73. The number of fused-ring (bicyclic) bond motifs is 2. The number of hydrogen-bond donors (Lipinski definition) is 1. The van der Waals surface area contributed by atoms with E-state index in [0.29, 0.717) is 12.8 Å². The van der Waals surface area contributed by atoms with E-state index in [-0.39, 0.29) is 11.3 Å². The van der Waals surface area contributed by atoms with Gasteiger partial charge in [0.1, 0.15) is 12.2 Å². The van der Waals surface area contributed by atoms with Gasteiger partial charge in [-0.25, -0.2) is 22.8 Å². The van der Waals surface area contributed by atoms with E-state index in [0.717, 1.165) is 36.3 Å². The normalized spacial score (nSPS) is 21.5. The molecule has 0 amide bonds. The Kier molecular flexibility index (Phi) is 3.27. The van der Waals surface area contributed by atoms with Crippen molar-refractivity contribution in [2.24, 2.45) is 0 Å². The lowest BCUT2D eigenvalue weighted by molar-refractivity contribution is 0.398. The molecule has 6 nitrogen and oxygen atoms in total. The monoisotopic (exact) mass is 318 g/mol. The Morgan fingerprint density at radius 3 is 2.64 bits per heavy atom.